The summed E-state index contributed by atoms with van der Waals surface area (Å²) in [4.78, 5) is 37.8. The molecule has 2 N–H and O–H groups in total. The van der Waals surface area contributed by atoms with Crippen LogP contribution in [0.1, 0.15) is 32.2 Å². The van der Waals surface area contributed by atoms with Crippen LogP contribution in [0.2, 0.25) is 0 Å². The van der Waals surface area contributed by atoms with Gasteiger partial charge in [0, 0.05) is 48.3 Å². The van der Waals surface area contributed by atoms with Gasteiger partial charge in [0.15, 0.2) is 23.3 Å². The summed E-state index contributed by atoms with van der Waals surface area (Å²) in [5.41, 5.74) is 0.883. The molecule has 0 aliphatic rings. The Bertz CT molecular complexity index is 1020. The predicted octanol–water partition coefficient (Wildman–Crippen LogP) is 3.84. The van der Waals surface area contributed by atoms with Crippen LogP contribution in [0.3, 0.4) is 0 Å². The second-order valence-electron chi connectivity index (χ2n) is 5.59. The Balaban J connectivity index is 0.000000213. The second kappa shape index (κ2) is 12.6. The number of nitrogens with zero attached hydrogens (tertiary/aromatic N) is 4. The monoisotopic (exact) mass is 458 g/mol. The molecule has 0 atom stereocenters. The summed E-state index contributed by atoms with van der Waals surface area (Å²) in [7, 11) is 0. The molecule has 0 fully saturated rings. The van der Waals surface area contributed by atoms with E-state index in [2.05, 4.69) is 41.2 Å². The molecular weight excluding hydrogens is 443 g/mol. The van der Waals surface area contributed by atoms with E-state index in [4.69, 9.17) is 0 Å². The van der Waals surface area contributed by atoms with E-state index in [9.17, 15) is 9.59 Å². The van der Waals surface area contributed by atoms with Crippen LogP contribution in [0.5, 0.6) is 0 Å². The molecule has 0 radical (unpaired) electrons. The van der Waals surface area contributed by atoms with Gasteiger partial charge in [-0.1, -0.05) is 24.3 Å². The van der Waals surface area contributed by atoms with Gasteiger partial charge in [-0.3, -0.25) is 9.97 Å². The minimum absolute atomic E-state index is 0. The van der Waals surface area contributed by atoms with Crippen LogP contribution in [0.4, 0.5) is 0 Å². The molecule has 0 aliphatic carbocycles. The van der Waals surface area contributed by atoms with E-state index in [-0.39, 0.29) is 28.3 Å². The SMILES string of the molecule is O=C(N=[C-]c1ccc[oH+]1)c1cccnc1.O=C(N=[C-]c1ccc[oH+]1)c1cccnc1.[Ni+2]. The van der Waals surface area contributed by atoms with Crippen LogP contribution in [-0.2, 0) is 16.5 Å². The molecular formula is C22H16N4NiO4+2. The summed E-state index contributed by atoms with van der Waals surface area (Å²) < 4.78 is 7.82. The summed E-state index contributed by atoms with van der Waals surface area (Å²) in [5.74, 6) is 0.358. The van der Waals surface area contributed by atoms with Gasteiger partial charge in [-0.2, -0.15) is 0 Å². The molecule has 0 spiro atoms. The zero-order chi connectivity index (χ0) is 21.0. The first-order valence-corrected chi connectivity index (χ1v) is 8.70. The number of pyridine rings is 2. The van der Waals surface area contributed by atoms with E-state index >= 15 is 0 Å². The van der Waals surface area contributed by atoms with Crippen molar-refractivity contribution >= 4 is 24.2 Å². The van der Waals surface area contributed by atoms with E-state index < -0.39 is 0 Å². The van der Waals surface area contributed by atoms with Crippen molar-refractivity contribution in [3.63, 3.8) is 0 Å². The van der Waals surface area contributed by atoms with Crippen LogP contribution >= 0.6 is 0 Å². The fraction of sp³-hybridized carbons (Fsp3) is 0. The fourth-order valence-corrected chi connectivity index (χ4v) is 2.06. The Morgan fingerprint density at radius 1 is 0.710 bits per heavy atom. The van der Waals surface area contributed by atoms with Gasteiger partial charge in [0.1, 0.15) is 0 Å². The number of amides is 2. The van der Waals surface area contributed by atoms with Gasteiger partial charge in [-0.15, -0.1) is 0 Å². The predicted molar refractivity (Wildman–Crippen MR) is 110 cm³/mol. The van der Waals surface area contributed by atoms with Gasteiger partial charge >= 0.3 is 16.5 Å². The Kier molecular flexibility index (Phi) is 9.45. The van der Waals surface area contributed by atoms with Gasteiger partial charge in [0.05, 0.1) is 0 Å². The number of aromatic nitrogens is 2. The van der Waals surface area contributed by atoms with E-state index in [1.165, 1.54) is 12.4 Å². The van der Waals surface area contributed by atoms with Crippen molar-refractivity contribution in [2.45, 2.75) is 0 Å². The van der Waals surface area contributed by atoms with Crippen LogP contribution in [-0.4, -0.2) is 34.2 Å². The Hall–Kier alpha value is -3.97. The molecule has 8 nitrogen and oxygen atoms in total. The number of rotatable bonds is 4. The van der Waals surface area contributed by atoms with E-state index in [1.807, 2.05) is 0 Å². The number of aliphatic imine (C=N–C) groups is 2. The van der Waals surface area contributed by atoms with Crippen molar-refractivity contribution in [3.05, 3.63) is 108 Å². The molecule has 0 aliphatic heterocycles. The molecule has 0 bridgehead atoms. The van der Waals surface area contributed by atoms with Gasteiger partial charge in [0.2, 0.25) is 12.5 Å². The van der Waals surface area contributed by atoms with Crippen LogP contribution < -0.4 is 0 Å². The Morgan fingerprint density at radius 2 is 1.16 bits per heavy atom. The third-order valence-corrected chi connectivity index (χ3v) is 3.47. The smallest absolute Gasteiger partial charge is 0.569 e. The molecule has 156 valence electrons. The van der Waals surface area contributed by atoms with Crippen molar-refractivity contribution in [3.8, 4) is 0 Å². The standard InChI is InChI=1S/2C11H7N2O2.Ni/c2*14-11(9-3-1-5-12-7-9)13-8-10-4-2-6-15-10;/h2*1-7H;/q2*-1;+2/p+2. The second-order valence-corrected chi connectivity index (χ2v) is 5.59. The first-order valence-electron chi connectivity index (χ1n) is 8.70. The van der Waals surface area contributed by atoms with Crippen molar-refractivity contribution in [1.29, 1.82) is 0 Å². The Labute approximate surface area is 187 Å². The van der Waals surface area contributed by atoms with Gasteiger partial charge in [-0.05, 0) is 24.3 Å². The molecule has 0 unspecified atom stereocenters. The molecule has 0 aromatic carbocycles. The molecule has 9 heteroatoms. The first kappa shape index (κ1) is 23.3. The zero-order valence-electron chi connectivity index (χ0n) is 15.9. The van der Waals surface area contributed by atoms with Gasteiger partial charge in [-0.25, -0.2) is 0 Å². The van der Waals surface area contributed by atoms with Crippen LogP contribution in [0, 0.1) is 0 Å². The minimum atomic E-state index is -0.369. The molecule has 0 saturated carbocycles. The number of carbonyl (C=O) groups is 2. The zero-order valence-corrected chi connectivity index (χ0v) is 16.9. The van der Waals surface area contributed by atoms with Crippen molar-refractivity contribution in [2.75, 3.05) is 0 Å². The van der Waals surface area contributed by atoms with E-state index in [0.29, 0.717) is 22.6 Å². The average molecular weight is 459 g/mol. The largest absolute Gasteiger partial charge is 2.00 e. The number of furan rings is 2. The third-order valence-electron chi connectivity index (χ3n) is 3.47. The molecule has 31 heavy (non-hydrogen) atoms. The number of carbonyl (C=O) groups excluding carboxylic acids is 2. The van der Waals surface area contributed by atoms with Crippen molar-refractivity contribution in [2.24, 2.45) is 9.98 Å². The van der Waals surface area contributed by atoms with Gasteiger partial charge in [0.25, 0.3) is 0 Å². The van der Waals surface area contributed by atoms with E-state index in [1.54, 1.807) is 73.5 Å². The normalized spacial score (nSPS) is 10.3. The molecule has 4 rings (SSSR count). The summed E-state index contributed by atoms with van der Waals surface area (Å²) in [6, 6.07) is 13.6. The molecule has 2 amide bonds. The van der Waals surface area contributed by atoms with E-state index in [0.717, 1.165) is 0 Å². The van der Waals surface area contributed by atoms with Crippen molar-refractivity contribution < 1.29 is 34.9 Å². The molecule has 4 aromatic rings. The maximum atomic E-state index is 11.4. The van der Waals surface area contributed by atoms with Crippen molar-refractivity contribution in [1.82, 2.24) is 9.97 Å². The third kappa shape index (κ3) is 7.76. The topological polar surface area (TPSA) is 110 Å². The molecule has 4 heterocycles. The molecule has 4 aromatic heterocycles. The summed E-state index contributed by atoms with van der Waals surface area (Å²) in [6.45, 7) is 0. The summed E-state index contributed by atoms with van der Waals surface area (Å²) in [5, 5.41) is 0. The first-order chi connectivity index (χ1) is 14.7. The average Bonchev–Trinajstić information content (AvgIpc) is 3.52. The minimum Gasteiger partial charge on any atom is -0.569 e. The maximum absolute atomic E-state index is 11.4. The molecule has 0 saturated heterocycles. The van der Waals surface area contributed by atoms with Crippen LogP contribution in [0.25, 0.3) is 0 Å². The quantitative estimate of drug-likeness (QED) is 0.200. The maximum Gasteiger partial charge on any atom is 2.00 e. The Morgan fingerprint density at radius 3 is 1.48 bits per heavy atom. The number of hydrogen-bond acceptors (Lipinski definition) is 4. The fourth-order valence-electron chi connectivity index (χ4n) is 2.06. The van der Waals surface area contributed by atoms with Crippen LogP contribution in [0.15, 0.2) is 105 Å². The van der Waals surface area contributed by atoms with Gasteiger partial charge < -0.3 is 28.4 Å². The summed E-state index contributed by atoms with van der Waals surface area (Å²) in [6.07, 6.45) is 14.5. The summed E-state index contributed by atoms with van der Waals surface area (Å²) >= 11 is 0. The number of hydrogen-bond donors (Lipinski definition) is 0.